The van der Waals surface area contributed by atoms with Crippen LogP contribution in [0.2, 0.25) is 0 Å². The van der Waals surface area contributed by atoms with Crippen molar-refractivity contribution in [3.05, 3.63) is 212 Å². The predicted octanol–water partition coefficient (Wildman–Crippen LogP) is 10.4. The summed E-state index contributed by atoms with van der Waals surface area (Å²) in [5, 5.41) is 113. The Balaban J connectivity index is 1.21. The first-order chi connectivity index (χ1) is 32.8. The van der Waals surface area contributed by atoms with Crippen molar-refractivity contribution in [3.8, 4) is 69.0 Å². The second-order valence-electron chi connectivity index (χ2n) is 18.2. The maximum atomic E-state index is 12.7. The van der Waals surface area contributed by atoms with Crippen LogP contribution in [0.4, 0.5) is 0 Å². The Labute approximate surface area is 388 Å². The van der Waals surface area contributed by atoms with E-state index in [4.69, 9.17) is 9.47 Å². The average molecular weight is 907 g/mol. The number of hydrogen-bond donors (Lipinski definition) is 10. The highest BCUT2D eigenvalue weighted by Crippen LogP contribution is 2.72. The summed E-state index contributed by atoms with van der Waals surface area (Å²) < 4.78 is 13.7. The quantitative estimate of drug-likeness (QED) is 0.0753. The van der Waals surface area contributed by atoms with Gasteiger partial charge in [0.2, 0.25) is 0 Å². The normalized spacial score (nSPS) is 22.6. The number of fused-ring (bicyclic) bond motifs is 3. The molecule has 338 valence electrons. The molecule has 2 aliphatic carbocycles. The van der Waals surface area contributed by atoms with Crippen LogP contribution in [0, 0.1) is 0 Å². The molecule has 0 saturated carbocycles. The van der Waals surface area contributed by atoms with E-state index in [1.165, 1.54) is 30.3 Å². The summed E-state index contributed by atoms with van der Waals surface area (Å²) in [4.78, 5) is 0. The van der Waals surface area contributed by atoms with E-state index in [1.807, 2.05) is 0 Å². The standard InChI is InChI=1S/C56H42O12/c57-30-9-1-25(2-10-30)44-47-38(20-36(63)22-40(47)65)50-52-43(68-56(50)28-7-15-33(60)16-8-28)24-41(66)51-45(26-3-11-31(58)12-4-26)49(53(44)54(51)52)39-21-37(64)23-42-48(39)46(29-17-34(61)19-35(62)18-29)55(67-42)27-5-13-32(59)14-6-27/h1-24,44-46,49-50,53,55-66H/t44-,45-,46+,49-,50-,53+,55-,56+/m0/s1. The minimum Gasteiger partial charge on any atom is -0.508 e. The van der Waals surface area contributed by atoms with Gasteiger partial charge < -0.3 is 60.5 Å². The van der Waals surface area contributed by atoms with Gasteiger partial charge in [0.15, 0.2) is 0 Å². The van der Waals surface area contributed by atoms with Gasteiger partial charge in [-0.3, -0.25) is 0 Å². The summed E-state index contributed by atoms with van der Waals surface area (Å²) in [5.74, 6) is -4.85. The molecule has 8 aromatic carbocycles. The van der Waals surface area contributed by atoms with Crippen LogP contribution in [-0.4, -0.2) is 51.1 Å². The van der Waals surface area contributed by atoms with Crippen molar-refractivity contribution in [2.75, 3.05) is 0 Å². The minimum atomic E-state index is -0.820. The monoisotopic (exact) mass is 906 g/mol. The molecule has 0 spiro atoms. The summed E-state index contributed by atoms with van der Waals surface area (Å²) in [6.07, 6.45) is -1.60. The third kappa shape index (κ3) is 6.20. The number of phenolic OH excluding ortho intramolecular Hbond substituents is 10. The first-order valence-electron chi connectivity index (χ1n) is 22.2. The molecule has 0 aromatic heterocycles. The van der Waals surface area contributed by atoms with Crippen LogP contribution in [0.1, 0.15) is 114 Å². The highest BCUT2D eigenvalue weighted by atomic mass is 16.5. The van der Waals surface area contributed by atoms with E-state index in [2.05, 4.69) is 0 Å². The van der Waals surface area contributed by atoms with Crippen LogP contribution in [-0.2, 0) is 0 Å². The molecule has 8 atom stereocenters. The van der Waals surface area contributed by atoms with Gasteiger partial charge in [-0.05, 0) is 117 Å². The Bertz CT molecular complexity index is 3310. The largest absolute Gasteiger partial charge is 0.508 e. The van der Waals surface area contributed by atoms with Crippen molar-refractivity contribution in [2.24, 2.45) is 0 Å². The van der Waals surface area contributed by atoms with E-state index in [-0.39, 0.29) is 57.5 Å². The van der Waals surface area contributed by atoms with Crippen molar-refractivity contribution in [1.29, 1.82) is 0 Å². The van der Waals surface area contributed by atoms with Crippen LogP contribution in [0.25, 0.3) is 0 Å². The van der Waals surface area contributed by atoms with E-state index >= 15 is 0 Å². The first kappa shape index (κ1) is 40.8. The average Bonchev–Trinajstić information content (AvgIpc) is 3.96. The Morgan fingerprint density at radius 3 is 1.24 bits per heavy atom. The lowest BCUT2D eigenvalue weighted by Gasteiger charge is -2.35. The number of phenols is 10. The molecule has 0 radical (unpaired) electrons. The van der Waals surface area contributed by atoms with Gasteiger partial charge in [0.25, 0.3) is 0 Å². The smallest absolute Gasteiger partial charge is 0.135 e. The minimum absolute atomic E-state index is 0.00343. The molecular weight excluding hydrogens is 865 g/mol. The molecule has 0 amide bonds. The van der Waals surface area contributed by atoms with Crippen molar-refractivity contribution in [2.45, 2.75) is 47.7 Å². The van der Waals surface area contributed by atoms with Gasteiger partial charge in [-0.15, -0.1) is 0 Å². The van der Waals surface area contributed by atoms with Crippen LogP contribution in [0.15, 0.2) is 146 Å². The fourth-order valence-corrected chi connectivity index (χ4v) is 12.0. The SMILES string of the molecule is Oc1ccc([C@H]2c3c(O)cc(O)cc3[C@H]3c4c(cc(O)c5c4[C@H]2[C@@H](c2cc(O)cc4c2[C@@H](c2cc(O)cc(O)c2)[C@H](c2ccc(O)cc2)O4)[C@@H]5c2ccc(O)cc2)O[C@@H]3c2ccc(O)cc2)cc1. The van der Waals surface area contributed by atoms with E-state index in [0.29, 0.717) is 78.3 Å². The van der Waals surface area contributed by atoms with Crippen molar-refractivity contribution in [1.82, 2.24) is 0 Å². The molecule has 4 aliphatic rings. The van der Waals surface area contributed by atoms with Gasteiger partial charge >= 0.3 is 0 Å². The molecule has 0 unspecified atom stereocenters. The molecule has 12 rings (SSSR count). The first-order valence-corrected chi connectivity index (χ1v) is 22.2. The number of aromatic hydroxyl groups is 10. The molecule has 0 fully saturated rings. The Morgan fingerprint density at radius 1 is 0.265 bits per heavy atom. The fourth-order valence-electron chi connectivity index (χ4n) is 12.0. The summed E-state index contributed by atoms with van der Waals surface area (Å²) in [5.41, 5.74) is 7.24. The van der Waals surface area contributed by atoms with E-state index in [1.54, 1.807) is 115 Å². The van der Waals surface area contributed by atoms with Gasteiger partial charge in [0.1, 0.15) is 81.2 Å². The number of benzene rings is 8. The lowest BCUT2D eigenvalue weighted by atomic mass is 9.67. The highest BCUT2D eigenvalue weighted by molar-refractivity contribution is 5.74. The third-order valence-electron chi connectivity index (χ3n) is 14.4. The molecule has 8 aromatic rings. The zero-order valence-electron chi connectivity index (χ0n) is 35.8. The van der Waals surface area contributed by atoms with Crippen molar-refractivity contribution >= 4 is 0 Å². The third-order valence-corrected chi connectivity index (χ3v) is 14.4. The van der Waals surface area contributed by atoms with Gasteiger partial charge in [0, 0.05) is 70.2 Å². The molecule has 12 nitrogen and oxygen atoms in total. The zero-order valence-corrected chi connectivity index (χ0v) is 35.8. The van der Waals surface area contributed by atoms with Crippen LogP contribution >= 0.6 is 0 Å². The maximum absolute atomic E-state index is 12.7. The predicted molar refractivity (Wildman–Crippen MR) is 248 cm³/mol. The number of ether oxygens (including phenoxy) is 2. The van der Waals surface area contributed by atoms with Gasteiger partial charge in [0.05, 0.1) is 11.8 Å². The van der Waals surface area contributed by atoms with Crippen LogP contribution in [0.5, 0.6) is 69.0 Å². The lowest BCUT2D eigenvalue weighted by molar-refractivity contribution is 0.221. The Kier molecular flexibility index (Phi) is 8.97. The summed E-state index contributed by atoms with van der Waals surface area (Å²) >= 11 is 0. The van der Waals surface area contributed by atoms with Crippen molar-refractivity contribution < 1.29 is 60.5 Å². The summed E-state index contributed by atoms with van der Waals surface area (Å²) in [7, 11) is 0. The molecule has 12 heteroatoms. The number of hydrogen-bond acceptors (Lipinski definition) is 12. The second-order valence-corrected chi connectivity index (χ2v) is 18.2. The molecule has 0 bridgehead atoms. The van der Waals surface area contributed by atoms with E-state index in [0.717, 1.165) is 0 Å². The topological polar surface area (TPSA) is 221 Å². The lowest BCUT2D eigenvalue weighted by Crippen LogP contribution is -2.22. The molecule has 10 N–H and O–H groups in total. The fraction of sp³-hybridized carbons (Fsp3) is 0.143. The molecular formula is C56H42O12. The van der Waals surface area contributed by atoms with Gasteiger partial charge in [-0.1, -0.05) is 48.5 Å². The van der Waals surface area contributed by atoms with E-state index in [9.17, 15) is 51.1 Å². The van der Waals surface area contributed by atoms with Gasteiger partial charge in [-0.25, -0.2) is 0 Å². The van der Waals surface area contributed by atoms with E-state index < -0.39 is 47.7 Å². The van der Waals surface area contributed by atoms with Gasteiger partial charge in [-0.2, -0.15) is 0 Å². The second kappa shape index (κ2) is 14.9. The Morgan fingerprint density at radius 2 is 0.691 bits per heavy atom. The molecule has 68 heavy (non-hydrogen) atoms. The number of rotatable bonds is 6. The van der Waals surface area contributed by atoms with Crippen LogP contribution in [0.3, 0.4) is 0 Å². The Hall–Kier alpha value is -8.64. The maximum Gasteiger partial charge on any atom is 0.135 e. The highest BCUT2D eigenvalue weighted by Gasteiger charge is 2.57. The molecule has 2 aliphatic heterocycles. The molecule has 0 saturated heterocycles. The van der Waals surface area contributed by atoms with Crippen molar-refractivity contribution in [3.63, 3.8) is 0 Å². The summed E-state index contributed by atoms with van der Waals surface area (Å²) in [6.45, 7) is 0. The zero-order chi connectivity index (χ0) is 46.9. The summed E-state index contributed by atoms with van der Waals surface area (Å²) in [6, 6.07) is 38.5. The van der Waals surface area contributed by atoms with Crippen LogP contribution < -0.4 is 9.47 Å². The molecule has 2 heterocycles.